The van der Waals surface area contributed by atoms with Gasteiger partial charge in [0.2, 0.25) is 0 Å². The average molecular weight is 212 g/mol. The molecule has 1 N–H and O–H groups in total. The number of furan rings is 1. The van der Waals surface area contributed by atoms with Gasteiger partial charge in [0.05, 0.1) is 6.26 Å². The van der Waals surface area contributed by atoms with Crippen LogP contribution in [0.5, 0.6) is 0 Å². The maximum atomic E-state index is 8.97. The van der Waals surface area contributed by atoms with Crippen LogP contribution in [0.25, 0.3) is 21.7 Å². The zero-order chi connectivity index (χ0) is 11.0. The molecule has 0 aliphatic carbocycles. The molecule has 2 aromatic carbocycles. The summed E-state index contributed by atoms with van der Waals surface area (Å²) in [5.41, 5.74) is 1.99. The minimum absolute atomic E-state index is 0.154. The lowest BCUT2D eigenvalue weighted by Crippen LogP contribution is -1.87. The highest BCUT2D eigenvalue weighted by Gasteiger charge is 2.08. The fraction of sp³-hybridized carbons (Fsp3) is 0.143. The molecule has 0 aliphatic heterocycles. The summed E-state index contributed by atoms with van der Waals surface area (Å²) in [6, 6.07) is 12.3. The van der Waals surface area contributed by atoms with E-state index in [1.54, 1.807) is 6.26 Å². The highest BCUT2D eigenvalue weighted by molar-refractivity contribution is 6.05. The SMILES string of the molecule is OCCc1coc2c1ccc1ccccc12. The molecular formula is C14H12O2. The molecule has 0 bridgehead atoms. The van der Waals surface area contributed by atoms with Crippen molar-refractivity contribution in [2.45, 2.75) is 6.42 Å². The molecule has 1 heterocycles. The van der Waals surface area contributed by atoms with Crippen LogP contribution in [0.2, 0.25) is 0 Å². The van der Waals surface area contributed by atoms with E-state index in [9.17, 15) is 0 Å². The van der Waals surface area contributed by atoms with Crippen molar-refractivity contribution in [2.75, 3.05) is 6.61 Å². The molecule has 16 heavy (non-hydrogen) atoms. The smallest absolute Gasteiger partial charge is 0.141 e. The Hall–Kier alpha value is -1.80. The van der Waals surface area contributed by atoms with Gasteiger partial charge in [0.15, 0.2) is 0 Å². The number of rotatable bonds is 2. The molecular weight excluding hydrogens is 200 g/mol. The molecule has 1 aromatic heterocycles. The molecule has 80 valence electrons. The van der Waals surface area contributed by atoms with Crippen molar-refractivity contribution in [2.24, 2.45) is 0 Å². The zero-order valence-electron chi connectivity index (χ0n) is 8.81. The van der Waals surface area contributed by atoms with Crippen LogP contribution in [-0.4, -0.2) is 11.7 Å². The van der Waals surface area contributed by atoms with E-state index in [2.05, 4.69) is 24.3 Å². The molecule has 0 radical (unpaired) electrons. The average Bonchev–Trinajstić information content (AvgIpc) is 2.73. The lowest BCUT2D eigenvalue weighted by molar-refractivity contribution is 0.299. The van der Waals surface area contributed by atoms with E-state index in [0.717, 1.165) is 21.9 Å². The van der Waals surface area contributed by atoms with Crippen LogP contribution >= 0.6 is 0 Å². The predicted octanol–water partition coefficient (Wildman–Crippen LogP) is 3.12. The van der Waals surface area contributed by atoms with Crippen LogP contribution in [0.4, 0.5) is 0 Å². The van der Waals surface area contributed by atoms with Crippen LogP contribution in [0.15, 0.2) is 47.1 Å². The van der Waals surface area contributed by atoms with Crippen LogP contribution in [0.1, 0.15) is 5.56 Å². The number of fused-ring (bicyclic) bond motifs is 3. The van der Waals surface area contributed by atoms with E-state index in [1.807, 2.05) is 12.1 Å². The van der Waals surface area contributed by atoms with Crippen molar-refractivity contribution in [3.63, 3.8) is 0 Å². The highest BCUT2D eigenvalue weighted by atomic mass is 16.3. The number of benzene rings is 2. The van der Waals surface area contributed by atoms with Gasteiger partial charge in [-0.2, -0.15) is 0 Å². The molecule has 3 rings (SSSR count). The molecule has 0 fully saturated rings. The molecule has 2 nitrogen and oxygen atoms in total. The van der Waals surface area contributed by atoms with Gasteiger partial charge in [-0.25, -0.2) is 0 Å². The summed E-state index contributed by atoms with van der Waals surface area (Å²) in [5.74, 6) is 0. The number of aliphatic hydroxyl groups is 1. The molecule has 0 amide bonds. The Bertz CT molecular complexity index is 637. The van der Waals surface area contributed by atoms with Crippen LogP contribution in [0.3, 0.4) is 0 Å². The standard InChI is InChI=1S/C14H12O2/c15-8-7-11-9-16-14-12-4-2-1-3-10(12)5-6-13(11)14/h1-6,9,15H,7-8H2. The first-order valence-electron chi connectivity index (χ1n) is 5.39. The van der Waals surface area contributed by atoms with Gasteiger partial charge < -0.3 is 9.52 Å². The van der Waals surface area contributed by atoms with Crippen LogP contribution < -0.4 is 0 Å². The van der Waals surface area contributed by atoms with Gasteiger partial charge in [-0.05, 0) is 11.8 Å². The van der Waals surface area contributed by atoms with Gasteiger partial charge in [0.1, 0.15) is 5.58 Å². The minimum Gasteiger partial charge on any atom is -0.463 e. The Morgan fingerprint density at radius 2 is 1.88 bits per heavy atom. The molecule has 0 saturated carbocycles. The summed E-state index contributed by atoms with van der Waals surface area (Å²) in [5, 5.41) is 12.4. The van der Waals surface area contributed by atoms with E-state index < -0.39 is 0 Å². The summed E-state index contributed by atoms with van der Waals surface area (Å²) in [4.78, 5) is 0. The first-order valence-corrected chi connectivity index (χ1v) is 5.39. The Labute approximate surface area is 93.1 Å². The van der Waals surface area contributed by atoms with Gasteiger partial charge in [-0.15, -0.1) is 0 Å². The quantitative estimate of drug-likeness (QED) is 0.708. The van der Waals surface area contributed by atoms with E-state index >= 15 is 0 Å². The highest BCUT2D eigenvalue weighted by Crippen LogP contribution is 2.29. The summed E-state index contributed by atoms with van der Waals surface area (Å²) >= 11 is 0. The second-order valence-electron chi connectivity index (χ2n) is 3.90. The van der Waals surface area contributed by atoms with Gasteiger partial charge in [0.25, 0.3) is 0 Å². The first kappa shape index (κ1) is 9.43. The lowest BCUT2D eigenvalue weighted by Gasteiger charge is -1.98. The summed E-state index contributed by atoms with van der Waals surface area (Å²) in [6.45, 7) is 0.154. The minimum atomic E-state index is 0.154. The summed E-state index contributed by atoms with van der Waals surface area (Å²) in [7, 11) is 0. The van der Waals surface area contributed by atoms with E-state index in [0.29, 0.717) is 6.42 Å². The molecule has 0 spiro atoms. The van der Waals surface area contributed by atoms with Gasteiger partial charge in [-0.3, -0.25) is 0 Å². The molecule has 0 unspecified atom stereocenters. The second kappa shape index (κ2) is 3.65. The van der Waals surface area contributed by atoms with Crippen molar-refractivity contribution in [1.29, 1.82) is 0 Å². The lowest BCUT2D eigenvalue weighted by atomic mass is 10.0. The monoisotopic (exact) mass is 212 g/mol. The third kappa shape index (κ3) is 1.31. The predicted molar refractivity (Wildman–Crippen MR) is 64.5 cm³/mol. The fourth-order valence-electron chi connectivity index (χ4n) is 2.13. The largest absolute Gasteiger partial charge is 0.463 e. The van der Waals surface area contributed by atoms with Crippen molar-refractivity contribution >= 4 is 21.7 Å². The zero-order valence-corrected chi connectivity index (χ0v) is 8.81. The van der Waals surface area contributed by atoms with E-state index in [-0.39, 0.29) is 6.61 Å². The van der Waals surface area contributed by atoms with Crippen molar-refractivity contribution < 1.29 is 9.52 Å². The third-order valence-corrected chi connectivity index (χ3v) is 2.93. The molecule has 0 aliphatic rings. The number of aliphatic hydroxyl groups excluding tert-OH is 1. The topological polar surface area (TPSA) is 33.4 Å². The van der Waals surface area contributed by atoms with E-state index in [4.69, 9.17) is 9.52 Å². The van der Waals surface area contributed by atoms with Gasteiger partial charge >= 0.3 is 0 Å². The fourth-order valence-corrected chi connectivity index (χ4v) is 2.13. The normalized spacial score (nSPS) is 11.3. The molecule has 3 aromatic rings. The van der Waals surface area contributed by atoms with Crippen molar-refractivity contribution in [3.05, 3.63) is 48.2 Å². The second-order valence-corrected chi connectivity index (χ2v) is 3.90. The summed E-state index contributed by atoms with van der Waals surface area (Å²) in [6.07, 6.45) is 2.39. The first-order chi connectivity index (χ1) is 7.90. The summed E-state index contributed by atoms with van der Waals surface area (Å²) < 4.78 is 5.60. The van der Waals surface area contributed by atoms with Crippen molar-refractivity contribution in [3.8, 4) is 0 Å². The van der Waals surface area contributed by atoms with Crippen LogP contribution in [0, 0.1) is 0 Å². The Kier molecular flexibility index (Phi) is 2.15. The van der Waals surface area contributed by atoms with E-state index in [1.165, 1.54) is 5.39 Å². The molecule has 2 heteroatoms. The molecule has 0 saturated heterocycles. The van der Waals surface area contributed by atoms with Crippen LogP contribution in [-0.2, 0) is 6.42 Å². The maximum Gasteiger partial charge on any atom is 0.141 e. The maximum absolute atomic E-state index is 8.97. The van der Waals surface area contributed by atoms with Gasteiger partial charge in [0, 0.05) is 22.9 Å². The number of hydrogen-bond acceptors (Lipinski definition) is 2. The number of hydrogen-bond donors (Lipinski definition) is 1. The third-order valence-electron chi connectivity index (χ3n) is 2.93. The Morgan fingerprint density at radius 1 is 1.00 bits per heavy atom. The Morgan fingerprint density at radius 3 is 2.75 bits per heavy atom. The van der Waals surface area contributed by atoms with Crippen molar-refractivity contribution in [1.82, 2.24) is 0 Å². The van der Waals surface area contributed by atoms with Gasteiger partial charge in [-0.1, -0.05) is 36.4 Å². The Balaban J connectivity index is 2.36. The molecule has 0 atom stereocenters.